The number of amides is 2. The number of aliphatic carboxylic acids is 1. The van der Waals surface area contributed by atoms with E-state index in [2.05, 4.69) is 46.8 Å². The lowest BCUT2D eigenvalue weighted by Crippen LogP contribution is -2.71. The average Bonchev–Trinajstić information content (AvgIpc) is 3.17. The smallest absolute Gasteiger partial charge is 0.352 e. The van der Waals surface area contributed by atoms with Gasteiger partial charge in [0.15, 0.2) is 0 Å². The van der Waals surface area contributed by atoms with E-state index in [9.17, 15) is 24.3 Å². The van der Waals surface area contributed by atoms with Crippen LogP contribution in [0.2, 0.25) is 0 Å². The van der Waals surface area contributed by atoms with E-state index in [0.717, 1.165) is 4.90 Å². The third-order valence-corrected chi connectivity index (χ3v) is 7.22. The van der Waals surface area contributed by atoms with Crippen LogP contribution >= 0.6 is 39.5 Å². The molecule has 1 aromatic rings. The van der Waals surface area contributed by atoms with Crippen LogP contribution in [0, 0.1) is 0 Å². The molecule has 13 nitrogen and oxygen atoms in total. The quantitative estimate of drug-likeness (QED) is 0.0996. The Balaban J connectivity index is 1.75. The zero-order chi connectivity index (χ0) is 22.7. The summed E-state index contributed by atoms with van der Waals surface area (Å²) in [5.74, 6) is -2.72. The molecule has 2 atom stereocenters. The lowest BCUT2D eigenvalue weighted by atomic mass is 10.0. The van der Waals surface area contributed by atoms with Gasteiger partial charge in [0.1, 0.15) is 24.2 Å². The van der Waals surface area contributed by atoms with E-state index in [1.54, 1.807) is 7.05 Å². The van der Waals surface area contributed by atoms with Crippen molar-refractivity contribution in [3.05, 3.63) is 11.3 Å². The number of oxime groups is 1. The minimum atomic E-state index is -1.24. The van der Waals surface area contributed by atoms with Crippen LogP contribution in [0.4, 0.5) is 0 Å². The summed E-state index contributed by atoms with van der Waals surface area (Å²) in [4.78, 5) is 54.5. The molecule has 31 heavy (non-hydrogen) atoms. The number of hydrogen-bond acceptors (Lipinski definition) is 11. The van der Waals surface area contributed by atoms with E-state index in [0.29, 0.717) is 16.5 Å². The number of rotatable bonds is 9. The van der Waals surface area contributed by atoms with Crippen molar-refractivity contribution in [3.8, 4) is 0 Å². The van der Waals surface area contributed by atoms with E-state index in [4.69, 9.17) is 0 Å². The van der Waals surface area contributed by atoms with Crippen LogP contribution < -0.4 is 5.32 Å². The number of carbonyl (C=O) groups excluding carboxylic acids is 3. The predicted octanol–water partition coefficient (Wildman–Crippen LogP) is -0.993. The van der Waals surface area contributed by atoms with Gasteiger partial charge >= 0.3 is 5.97 Å². The number of tetrazole rings is 1. The number of aryl methyl sites for hydroxylation is 1. The van der Waals surface area contributed by atoms with E-state index in [-0.39, 0.29) is 16.8 Å². The Hall–Kier alpha value is -2.46. The summed E-state index contributed by atoms with van der Waals surface area (Å²) >= 11 is 5.51. The number of nitrogens with one attached hydrogen (secondary N) is 1. The van der Waals surface area contributed by atoms with Crippen LogP contribution in [0.3, 0.4) is 0 Å². The lowest BCUT2D eigenvalue weighted by molar-refractivity contribution is -0.150. The molecule has 16 heteroatoms. The van der Waals surface area contributed by atoms with E-state index < -0.39 is 40.7 Å². The fourth-order valence-corrected chi connectivity index (χ4v) is 5.47. The van der Waals surface area contributed by atoms with Crippen LogP contribution in [-0.4, -0.2) is 94.9 Å². The Bertz CT molecular complexity index is 996. The number of thioether (sulfide) groups is 2. The molecular formula is C15H16BrN7O6S2. The normalized spacial score (nSPS) is 20.8. The number of hydrogen-bond donors (Lipinski definition) is 2. The summed E-state index contributed by atoms with van der Waals surface area (Å²) < 4.78 is 1.46. The molecule has 3 rings (SSSR count). The van der Waals surface area contributed by atoms with Crippen molar-refractivity contribution in [1.82, 2.24) is 30.4 Å². The number of aromatic nitrogens is 4. The minimum absolute atomic E-state index is 0.121. The topological polar surface area (TPSA) is 169 Å². The molecule has 0 bridgehead atoms. The first-order chi connectivity index (χ1) is 14.8. The monoisotopic (exact) mass is 533 g/mol. The molecule has 0 aromatic carbocycles. The zero-order valence-electron chi connectivity index (χ0n) is 16.1. The molecule has 0 saturated carbocycles. The Morgan fingerprint density at radius 3 is 2.77 bits per heavy atom. The molecule has 3 heterocycles. The fourth-order valence-electron chi connectivity index (χ4n) is 2.87. The number of halogens is 1. The number of alkyl halides is 1. The highest BCUT2D eigenvalue weighted by Crippen LogP contribution is 2.41. The van der Waals surface area contributed by atoms with Gasteiger partial charge in [-0.3, -0.25) is 19.3 Å². The predicted molar refractivity (Wildman–Crippen MR) is 112 cm³/mol. The maximum Gasteiger partial charge on any atom is 0.352 e. The number of carboxylic acid groups (broad SMARTS) is 1. The summed E-state index contributed by atoms with van der Waals surface area (Å²) in [6, 6.07) is -0.992. The van der Waals surface area contributed by atoms with Gasteiger partial charge in [-0.1, -0.05) is 32.8 Å². The third-order valence-electron chi connectivity index (χ3n) is 4.28. The average molecular weight is 534 g/mol. The lowest BCUT2D eigenvalue weighted by Gasteiger charge is -2.49. The van der Waals surface area contributed by atoms with Crippen molar-refractivity contribution in [1.29, 1.82) is 0 Å². The highest BCUT2D eigenvalue weighted by molar-refractivity contribution is 9.09. The van der Waals surface area contributed by atoms with E-state index in [1.807, 2.05) is 0 Å². The molecule has 166 valence electrons. The van der Waals surface area contributed by atoms with Gasteiger partial charge in [0.05, 0.1) is 5.33 Å². The van der Waals surface area contributed by atoms with Crippen molar-refractivity contribution in [2.24, 2.45) is 12.2 Å². The highest BCUT2D eigenvalue weighted by atomic mass is 79.9. The van der Waals surface area contributed by atoms with Crippen molar-refractivity contribution in [2.45, 2.75) is 16.6 Å². The molecule has 1 aromatic heterocycles. The van der Waals surface area contributed by atoms with Crippen molar-refractivity contribution in [2.75, 3.05) is 23.9 Å². The Morgan fingerprint density at radius 2 is 2.19 bits per heavy atom. The second-order valence-corrected chi connectivity index (χ2v) is 8.78. The SMILES string of the molecule is CO/N=C(/C(=O)CBr)C(=O)N[C@@H]1C(=O)N2C(C(=O)O)=C(CSc3nnnn3C)CS[C@H]12. The molecule has 2 N–H and O–H groups in total. The minimum Gasteiger partial charge on any atom is -0.477 e. The van der Waals surface area contributed by atoms with Crippen LogP contribution in [0.5, 0.6) is 0 Å². The van der Waals surface area contributed by atoms with Gasteiger partial charge in [0, 0.05) is 18.6 Å². The van der Waals surface area contributed by atoms with Crippen LogP contribution in [0.15, 0.2) is 21.6 Å². The number of nitrogens with zero attached hydrogens (tertiary/aromatic N) is 6. The van der Waals surface area contributed by atoms with E-state index in [1.165, 1.54) is 35.3 Å². The summed E-state index contributed by atoms with van der Waals surface area (Å²) in [5.41, 5.74) is -0.0741. The molecule has 1 fully saturated rings. The summed E-state index contributed by atoms with van der Waals surface area (Å²) in [5, 5.41) is 26.4. The van der Waals surface area contributed by atoms with E-state index >= 15 is 0 Å². The van der Waals surface area contributed by atoms with Crippen LogP contribution in [0.25, 0.3) is 0 Å². The summed E-state index contributed by atoms with van der Waals surface area (Å²) in [6.07, 6.45) is 0. The molecule has 0 aliphatic carbocycles. The van der Waals surface area contributed by atoms with Gasteiger partial charge in [-0.2, -0.15) is 0 Å². The molecule has 1 saturated heterocycles. The van der Waals surface area contributed by atoms with Crippen LogP contribution in [0.1, 0.15) is 0 Å². The number of carboxylic acids is 1. The molecule has 0 spiro atoms. The molecule has 2 aliphatic rings. The van der Waals surface area contributed by atoms with Crippen molar-refractivity contribution in [3.63, 3.8) is 0 Å². The number of β-lactam (4-membered cyclic amide) rings is 1. The molecule has 0 unspecified atom stereocenters. The Morgan fingerprint density at radius 1 is 1.45 bits per heavy atom. The maximum atomic E-state index is 12.7. The standard InChI is InChI=1S/C15H16BrN7O6S2/c1-22-15(18-20-21-22)31-5-6-4-30-13-9(12(26)23(13)10(6)14(27)28)17-11(25)8(19-29-2)7(24)3-16/h9,13H,3-5H2,1-2H3,(H,17,25)(H,27,28)/b19-8-/t9-,13-/m1/s1. The summed E-state index contributed by atoms with van der Waals surface area (Å²) in [6.45, 7) is 0. The third kappa shape index (κ3) is 4.59. The highest BCUT2D eigenvalue weighted by Gasteiger charge is 2.54. The first kappa shape index (κ1) is 23.2. The number of Topliss-reactive ketones (excluding diaryl/α,β-unsaturated/α-hetero) is 1. The number of ketones is 1. The second kappa shape index (κ2) is 9.78. The Kier molecular flexibility index (Phi) is 7.32. The zero-order valence-corrected chi connectivity index (χ0v) is 19.4. The Labute approximate surface area is 192 Å². The van der Waals surface area contributed by atoms with Gasteiger partial charge < -0.3 is 15.3 Å². The molecule has 2 amide bonds. The largest absolute Gasteiger partial charge is 0.477 e. The summed E-state index contributed by atoms with van der Waals surface area (Å²) in [7, 11) is 2.84. The number of fused-ring (bicyclic) bond motifs is 1. The second-order valence-electron chi connectivity index (χ2n) is 6.17. The molecule has 2 aliphatic heterocycles. The van der Waals surface area contributed by atoms with Gasteiger partial charge in [0.2, 0.25) is 16.7 Å². The maximum absolute atomic E-state index is 12.7. The van der Waals surface area contributed by atoms with Gasteiger partial charge in [-0.15, -0.1) is 16.9 Å². The number of carbonyl (C=O) groups is 4. The van der Waals surface area contributed by atoms with Crippen molar-refractivity contribution < 1.29 is 29.1 Å². The first-order valence-corrected chi connectivity index (χ1v) is 11.7. The van der Waals surface area contributed by atoms with Crippen molar-refractivity contribution >= 4 is 68.7 Å². The van der Waals surface area contributed by atoms with Gasteiger partial charge in [-0.05, 0) is 16.0 Å². The molecular weight excluding hydrogens is 518 g/mol. The van der Waals surface area contributed by atoms with Crippen LogP contribution in [-0.2, 0) is 31.1 Å². The van der Waals surface area contributed by atoms with Gasteiger partial charge in [0.25, 0.3) is 11.8 Å². The van der Waals surface area contributed by atoms with Gasteiger partial charge in [-0.25, -0.2) is 9.48 Å². The molecule has 0 radical (unpaired) electrons. The fraction of sp³-hybridized carbons (Fsp3) is 0.467. The first-order valence-electron chi connectivity index (χ1n) is 8.56.